The van der Waals surface area contributed by atoms with Crippen LogP contribution in [-0.2, 0) is 20.8 Å². The maximum absolute atomic E-state index is 14.7. The summed E-state index contributed by atoms with van der Waals surface area (Å²) >= 11 is 6.15. The molecule has 5 aromatic rings. The molecule has 16 nitrogen and oxygen atoms in total. The first-order valence-electron chi connectivity index (χ1n) is 21.4. The molecule has 6 amide bonds. The molecule has 18 heteroatoms. The average Bonchev–Trinajstić information content (AvgIpc) is 3.56. The molecule has 3 aliphatic rings. The SMILES string of the molecule is O=C1CCC(N2C(=O)c3cccc(NCCCCCN4CCN(C(=O)Cc5ccc(Nc6ncc(F)c(Nc7ccc(C(=O)Nc8ccccc8Cl)cc7)n6)cc5)CC4)c3C2=O)C(=O)N1. The molecule has 1 atom stereocenters. The van der Waals surface area contributed by atoms with Crippen molar-refractivity contribution in [1.29, 1.82) is 0 Å². The minimum atomic E-state index is -1.01. The fourth-order valence-electron chi connectivity index (χ4n) is 7.98. The number of halogens is 2. The van der Waals surface area contributed by atoms with E-state index in [1.54, 1.807) is 66.7 Å². The molecule has 4 heterocycles. The monoisotopic (exact) mass is 900 g/mol. The lowest BCUT2D eigenvalue weighted by Crippen LogP contribution is -2.54. The van der Waals surface area contributed by atoms with Crippen LogP contribution in [0.1, 0.15) is 68.7 Å². The molecular weight excluding hydrogens is 855 g/mol. The highest BCUT2D eigenvalue weighted by Gasteiger charge is 2.45. The van der Waals surface area contributed by atoms with E-state index in [-0.39, 0.29) is 54.0 Å². The maximum atomic E-state index is 14.7. The first-order chi connectivity index (χ1) is 31.5. The molecule has 0 radical (unpaired) electrons. The Balaban J connectivity index is 0.733. The number of anilines is 6. The summed E-state index contributed by atoms with van der Waals surface area (Å²) in [7, 11) is 0. The second-order valence-electron chi connectivity index (χ2n) is 15.9. The Morgan fingerprint density at radius 1 is 0.800 bits per heavy atom. The molecule has 4 aromatic carbocycles. The van der Waals surface area contributed by atoms with Gasteiger partial charge in [-0.25, -0.2) is 9.37 Å². The van der Waals surface area contributed by atoms with Gasteiger partial charge in [0, 0.05) is 61.8 Å². The number of imide groups is 2. The lowest BCUT2D eigenvalue weighted by molar-refractivity contribution is -0.136. The van der Waals surface area contributed by atoms with Crippen LogP contribution < -0.4 is 26.6 Å². The van der Waals surface area contributed by atoms with Crippen LogP contribution in [0.15, 0.2) is 97.2 Å². The Kier molecular flexibility index (Phi) is 13.7. The van der Waals surface area contributed by atoms with Crippen molar-refractivity contribution in [2.75, 3.05) is 60.5 Å². The third kappa shape index (κ3) is 10.6. The molecule has 5 N–H and O–H groups in total. The quantitative estimate of drug-likeness (QED) is 0.0542. The number of nitrogens with zero attached hydrogens (tertiary/aromatic N) is 5. The highest BCUT2D eigenvalue weighted by molar-refractivity contribution is 6.34. The van der Waals surface area contributed by atoms with E-state index in [0.29, 0.717) is 53.0 Å². The normalized spacial score (nSPS) is 16.2. The number of para-hydroxylation sites is 1. The largest absolute Gasteiger partial charge is 0.384 e. The van der Waals surface area contributed by atoms with Crippen LogP contribution in [0.4, 0.5) is 38.9 Å². The van der Waals surface area contributed by atoms with Gasteiger partial charge in [0.25, 0.3) is 17.7 Å². The van der Waals surface area contributed by atoms with Crippen molar-refractivity contribution < 1.29 is 33.2 Å². The average molecular weight is 901 g/mol. The summed E-state index contributed by atoms with van der Waals surface area (Å²) in [5, 5.41) is 14.7. The lowest BCUT2D eigenvalue weighted by Gasteiger charge is -2.34. The molecule has 0 bridgehead atoms. The van der Waals surface area contributed by atoms with Gasteiger partial charge in [-0.3, -0.25) is 43.9 Å². The number of amides is 6. The Morgan fingerprint density at radius 2 is 1.52 bits per heavy atom. The number of fused-ring (bicyclic) bond motifs is 1. The lowest BCUT2D eigenvalue weighted by atomic mass is 10.0. The minimum Gasteiger partial charge on any atom is -0.384 e. The summed E-state index contributed by atoms with van der Waals surface area (Å²) in [5.41, 5.74) is 3.96. The summed E-state index contributed by atoms with van der Waals surface area (Å²) in [6, 6.07) is 24.8. The maximum Gasteiger partial charge on any atom is 0.264 e. The van der Waals surface area contributed by atoms with Crippen molar-refractivity contribution in [3.63, 3.8) is 0 Å². The van der Waals surface area contributed by atoms with E-state index in [1.165, 1.54) is 0 Å². The fourth-order valence-corrected chi connectivity index (χ4v) is 8.16. The smallest absolute Gasteiger partial charge is 0.264 e. The second kappa shape index (κ2) is 20.1. The van der Waals surface area contributed by atoms with Gasteiger partial charge in [0.15, 0.2) is 11.6 Å². The number of piperazine rings is 1. The van der Waals surface area contributed by atoms with Crippen molar-refractivity contribution in [1.82, 2.24) is 30.0 Å². The van der Waals surface area contributed by atoms with E-state index in [4.69, 9.17) is 11.6 Å². The van der Waals surface area contributed by atoms with Crippen LogP contribution in [0.3, 0.4) is 0 Å². The molecule has 1 aromatic heterocycles. The van der Waals surface area contributed by atoms with Gasteiger partial charge in [-0.05, 0) is 92.0 Å². The van der Waals surface area contributed by atoms with Gasteiger partial charge in [-0.2, -0.15) is 4.98 Å². The van der Waals surface area contributed by atoms with Crippen LogP contribution in [0.25, 0.3) is 0 Å². The van der Waals surface area contributed by atoms with Gasteiger partial charge < -0.3 is 26.2 Å². The van der Waals surface area contributed by atoms with Crippen LogP contribution in [-0.4, -0.2) is 105 Å². The third-order valence-corrected chi connectivity index (χ3v) is 11.8. The summed E-state index contributed by atoms with van der Waals surface area (Å²) in [6.45, 7) is 4.35. The molecule has 65 heavy (non-hydrogen) atoms. The van der Waals surface area contributed by atoms with Crippen molar-refractivity contribution in [3.8, 4) is 0 Å². The number of hydrogen-bond donors (Lipinski definition) is 5. The summed E-state index contributed by atoms with van der Waals surface area (Å²) in [6.07, 6.45) is 4.24. The standard InChI is InChI=1S/C47H46ClFN10O6/c48-34-8-2-3-9-36(34)54-43(62)30-13-17-31(18-14-30)52-42-35(49)28-51-47(56-42)53-32-15-11-29(12-16-32)27-40(61)58-25-23-57(24-26-58)22-5-1-4-21-50-37-10-6-7-33-41(37)46(65)59(45(33)64)38-19-20-39(60)55-44(38)63/h2-3,6-18,28,38,50H,1,4-5,19-27H2,(H,54,62)(H,55,60,63)(H2,51,52,53,56). The Bertz CT molecular complexity index is 2620. The van der Waals surface area contributed by atoms with Crippen LogP contribution in [0, 0.1) is 5.82 Å². The molecule has 334 valence electrons. The van der Waals surface area contributed by atoms with E-state index in [9.17, 15) is 33.2 Å². The Morgan fingerprint density at radius 3 is 2.28 bits per heavy atom. The highest BCUT2D eigenvalue weighted by atomic mass is 35.5. The number of benzene rings is 4. The molecule has 8 rings (SSSR count). The fraction of sp³-hybridized carbons (Fsp3) is 0.277. The van der Waals surface area contributed by atoms with Crippen LogP contribution in [0.5, 0.6) is 0 Å². The van der Waals surface area contributed by atoms with Crippen molar-refractivity contribution in [2.24, 2.45) is 0 Å². The molecule has 0 spiro atoms. The van der Waals surface area contributed by atoms with Gasteiger partial charge in [0.05, 0.1) is 34.5 Å². The number of carbonyl (C=O) groups is 6. The van der Waals surface area contributed by atoms with Crippen molar-refractivity contribution in [2.45, 2.75) is 44.6 Å². The topological polar surface area (TPSA) is 198 Å². The number of unbranched alkanes of at least 4 members (excludes halogenated alkanes) is 2. The van der Waals surface area contributed by atoms with E-state index in [1.807, 2.05) is 29.2 Å². The van der Waals surface area contributed by atoms with E-state index in [2.05, 4.69) is 41.5 Å². The predicted octanol–water partition coefficient (Wildman–Crippen LogP) is 6.38. The zero-order valence-electron chi connectivity index (χ0n) is 35.2. The first kappa shape index (κ1) is 44.4. The number of carbonyl (C=O) groups excluding carboxylic acids is 6. The summed E-state index contributed by atoms with van der Waals surface area (Å²) < 4.78 is 14.7. The summed E-state index contributed by atoms with van der Waals surface area (Å²) in [4.78, 5) is 90.0. The number of nitrogens with one attached hydrogen (secondary N) is 5. The van der Waals surface area contributed by atoms with Gasteiger partial charge in [-0.1, -0.05) is 48.4 Å². The highest BCUT2D eigenvalue weighted by Crippen LogP contribution is 2.33. The second-order valence-corrected chi connectivity index (χ2v) is 16.3. The van der Waals surface area contributed by atoms with Gasteiger partial charge in [-0.15, -0.1) is 0 Å². The first-order valence-corrected chi connectivity index (χ1v) is 21.8. The van der Waals surface area contributed by atoms with Gasteiger partial charge >= 0.3 is 0 Å². The number of piperidine rings is 1. The van der Waals surface area contributed by atoms with Gasteiger partial charge in [0.1, 0.15) is 6.04 Å². The molecular formula is C47H46ClFN10O6. The van der Waals surface area contributed by atoms with Crippen molar-refractivity contribution >= 4 is 81.6 Å². The zero-order valence-corrected chi connectivity index (χ0v) is 36.0. The number of hydrogen-bond acceptors (Lipinski definition) is 12. The van der Waals surface area contributed by atoms with E-state index < -0.39 is 35.5 Å². The Labute approximate surface area is 378 Å². The number of aromatic nitrogens is 2. The van der Waals surface area contributed by atoms with E-state index >= 15 is 0 Å². The van der Waals surface area contributed by atoms with Crippen LogP contribution >= 0.6 is 11.6 Å². The van der Waals surface area contributed by atoms with Crippen LogP contribution in [0.2, 0.25) is 5.02 Å². The van der Waals surface area contributed by atoms with Crippen molar-refractivity contribution in [3.05, 3.63) is 130 Å². The molecule has 2 fully saturated rings. The third-order valence-electron chi connectivity index (χ3n) is 11.5. The Hall–Kier alpha value is -7.24. The molecule has 2 saturated heterocycles. The summed E-state index contributed by atoms with van der Waals surface area (Å²) in [5.74, 6) is -2.95. The molecule has 3 aliphatic heterocycles. The molecule has 0 saturated carbocycles. The molecule has 1 unspecified atom stereocenters. The number of rotatable bonds is 16. The van der Waals surface area contributed by atoms with E-state index in [0.717, 1.165) is 55.6 Å². The predicted molar refractivity (Wildman–Crippen MR) is 243 cm³/mol. The van der Waals surface area contributed by atoms with Gasteiger partial charge in [0.2, 0.25) is 23.7 Å². The zero-order chi connectivity index (χ0) is 45.5. The minimum absolute atomic E-state index is 0.0519. The molecule has 0 aliphatic carbocycles.